The second kappa shape index (κ2) is 11.1. The molecule has 1 atom stereocenters. The van der Waals surface area contributed by atoms with Gasteiger partial charge in [0.1, 0.15) is 10.9 Å². The number of nitrogen functional groups attached to an aromatic ring is 1. The number of benzene rings is 2. The van der Waals surface area contributed by atoms with E-state index in [2.05, 4.69) is 14.7 Å². The molecule has 190 valence electrons. The first-order chi connectivity index (χ1) is 17.8. The van der Waals surface area contributed by atoms with E-state index in [0.717, 1.165) is 28.0 Å². The zero-order valence-corrected chi connectivity index (χ0v) is 21.1. The number of nitrogens with two attached hydrogens (primary N) is 2. The number of anilines is 2. The van der Waals surface area contributed by atoms with Gasteiger partial charge in [0, 0.05) is 30.9 Å². The van der Waals surface area contributed by atoms with Crippen LogP contribution in [-0.2, 0) is 9.53 Å². The third-order valence-corrected chi connectivity index (χ3v) is 6.59. The highest BCUT2D eigenvalue weighted by Crippen LogP contribution is 2.34. The van der Waals surface area contributed by atoms with E-state index in [9.17, 15) is 14.4 Å². The lowest BCUT2D eigenvalue weighted by atomic mass is 10.00. The Morgan fingerprint density at radius 2 is 1.89 bits per heavy atom. The largest absolute Gasteiger partial charge is 0.395 e. The maximum absolute atomic E-state index is 14.0. The third kappa shape index (κ3) is 5.42. The van der Waals surface area contributed by atoms with E-state index in [4.69, 9.17) is 16.2 Å². The topological polar surface area (TPSA) is 154 Å². The summed E-state index contributed by atoms with van der Waals surface area (Å²) in [7, 11) is 1.53. The summed E-state index contributed by atoms with van der Waals surface area (Å²) in [5.41, 5.74) is 13.9. The molecular formula is C26H26N6O4S. The number of carbonyl (C=O) groups excluding carboxylic acids is 3. The lowest BCUT2D eigenvalue weighted by Gasteiger charge is -2.31. The van der Waals surface area contributed by atoms with Crippen LogP contribution in [0.25, 0.3) is 10.9 Å². The molecule has 2 aromatic carbocycles. The van der Waals surface area contributed by atoms with Crippen LogP contribution >= 0.6 is 11.5 Å². The summed E-state index contributed by atoms with van der Waals surface area (Å²) in [6.07, 6.45) is 1.68. The van der Waals surface area contributed by atoms with E-state index in [1.54, 1.807) is 36.5 Å². The lowest BCUT2D eigenvalue weighted by molar-refractivity contribution is -0.122. The predicted molar refractivity (Wildman–Crippen MR) is 142 cm³/mol. The summed E-state index contributed by atoms with van der Waals surface area (Å²) < 4.78 is 9.06. The van der Waals surface area contributed by atoms with Crippen molar-refractivity contribution in [3.05, 3.63) is 82.5 Å². The Balaban J connectivity index is 1.89. The van der Waals surface area contributed by atoms with Gasteiger partial charge in [0.25, 0.3) is 11.8 Å². The standard InChI is InChI=1S/C26H26N6O4S/c1-15-5-8-18(9-6-15)32(26(35)23-20(27)21(24(28)33)31-37-23)22(25(34)30-12-13-36-2)17-7-10-19-16(14-17)4-3-11-29-19/h3-11,14,22H,12-13,27H2,1-2H3,(H2,28,33)(H,30,34)/t22-/m1/s1. The van der Waals surface area contributed by atoms with E-state index >= 15 is 0 Å². The SMILES string of the molecule is COCCNC(=O)[C@@H](c1ccc2ncccc2c1)N(C(=O)c1snc(C(N)=O)c1N)c1ccc(C)cc1. The summed E-state index contributed by atoms with van der Waals surface area (Å²) in [6.45, 7) is 2.45. The molecule has 3 amide bonds. The molecule has 4 rings (SSSR count). The van der Waals surface area contributed by atoms with Gasteiger partial charge in [-0.2, -0.15) is 4.37 Å². The second-order valence-corrected chi connectivity index (χ2v) is 9.06. The zero-order chi connectivity index (χ0) is 26.5. The number of ether oxygens (including phenoxy) is 1. The highest BCUT2D eigenvalue weighted by molar-refractivity contribution is 7.09. The van der Waals surface area contributed by atoms with Crippen LogP contribution in [-0.4, -0.2) is 47.3 Å². The molecule has 5 N–H and O–H groups in total. The first kappa shape index (κ1) is 25.7. The normalized spacial score (nSPS) is 11.7. The lowest BCUT2D eigenvalue weighted by Crippen LogP contribution is -2.44. The fourth-order valence-electron chi connectivity index (χ4n) is 3.88. The number of fused-ring (bicyclic) bond motifs is 1. The van der Waals surface area contributed by atoms with Gasteiger partial charge in [-0.05, 0) is 54.4 Å². The highest BCUT2D eigenvalue weighted by Gasteiger charge is 2.36. The molecule has 0 aliphatic carbocycles. The molecule has 11 heteroatoms. The minimum Gasteiger partial charge on any atom is -0.395 e. The van der Waals surface area contributed by atoms with Crippen LogP contribution < -0.4 is 21.7 Å². The Morgan fingerprint density at radius 1 is 1.14 bits per heavy atom. The fourth-order valence-corrected chi connectivity index (χ4v) is 4.62. The van der Waals surface area contributed by atoms with Crippen molar-refractivity contribution >= 4 is 51.5 Å². The Labute approximate surface area is 217 Å². The van der Waals surface area contributed by atoms with Gasteiger partial charge < -0.3 is 21.5 Å². The summed E-state index contributed by atoms with van der Waals surface area (Å²) in [5.74, 6) is -1.86. The zero-order valence-electron chi connectivity index (χ0n) is 20.3. The van der Waals surface area contributed by atoms with Gasteiger partial charge in [-0.25, -0.2) is 0 Å². The van der Waals surface area contributed by atoms with Crippen molar-refractivity contribution in [2.24, 2.45) is 5.73 Å². The van der Waals surface area contributed by atoms with Gasteiger partial charge in [-0.15, -0.1) is 0 Å². The van der Waals surface area contributed by atoms with Gasteiger partial charge in [0.15, 0.2) is 5.69 Å². The maximum Gasteiger partial charge on any atom is 0.273 e. The van der Waals surface area contributed by atoms with Crippen molar-refractivity contribution in [3.63, 3.8) is 0 Å². The minimum atomic E-state index is -1.09. The smallest absolute Gasteiger partial charge is 0.273 e. The van der Waals surface area contributed by atoms with Gasteiger partial charge in [0.05, 0.1) is 17.8 Å². The average molecular weight is 519 g/mol. The predicted octanol–water partition coefficient (Wildman–Crippen LogP) is 2.83. The second-order valence-electron chi connectivity index (χ2n) is 8.29. The molecule has 0 spiro atoms. The number of amides is 3. The number of hydrogen-bond donors (Lipinski definition) is 3. The molecule has 0 saturated carbocycles. The number of carbonyl (C=O) groups is 3. The molecule has 0 saturated heterocycles. The highest BCUT2D eigenvalue weighted by atomic mass is 32.1. The summed E-state index contributed by atoms with van der Waals surface area (Å²) in [6, 6.07) is 15.1. The number of pyridine rings is 1. The van der Waals surface area contributed by atoms with Crippen LogP contribution in [0, 0.1) is 6.92 Å². The van der Waals surface area contributed by atoms with Gasteiger partial charge >= 0.3 is 0 Å². The Morgan fingerprint density at radius 3 is 2.57 bits per heavy atom. The molecule has 10 nitrogen and oxygen atoms in total. The molecular weight excluding hydrogens is 492 g/mol. The molecule has 37 heavy (non-hydrogen) atoms. The van der Waals surface area contributed by atoms with E-state index in [0.29, 0.717) is 17.9 Å². The van der Waals surface area contributed by atoms with Gasteiger partial charge in [-0.1, -0.05) is 29.8 Å². The number of rotatable bonds is 9. The van der Waals surface area contributed by atoms with Crippen LogP contribution in [0.5, 0.6) is 0 Å². The summed E-state index contributed by atoms with van der Waals surface area (Å²) >= 11 is 0.758. The molecule has 0 unspecified atom stereocenters. The number of aryl methyl sites for hydroxylation is 1. The molecule has 0 aliphatic heterocycles. The monoisotopic (exact) mass is 518 g/mol. The van der Waals surface area contributed by atoms with Gasteiger partial charge in [-0.3, -0.25) is 24.3 Å². The molecule has 0 radical (unpaired) electrons. The van der Waals surface area contributed by atoms with Crippen LogP contribution in [0.4, 0.5) is 11.4 Å². The van der Waals surface area contributed by atoms with E-state index < -0.39 is 23.8 Å². The number of primary amides is 1. The molecule has 0 aliphatic rings. The quantitative estimate of drug-likeness (QED) is 0.288. The summed E-state index contributed by atoms with van der Waals surface area (Å²) in [5, 5.41) is 3.65. The Kier molecular flexibility index (Phi) is 7.75. The van der Waals surface area contributed by atoms with Crippen molar-refractivity contribution in [1.82, 2.24) is 14.7 Å². The number of aromatic nitrogens is 2. The Hall–Kier alpha value is -4.35. The van der Waals surface area contributed by atoms with E-state index in [1.165, 1.54) is 12.0 Å². The van der Waals surface area contributed by atoms with Crippen molar-refractivity contribution in [3.8, 4) is 0 Å². The minimum absolute atomic E-state index is 0.00604. The van der Waals surface area contributed by atoms with E-state index in [-0.39, 0.29) is 22.8 Å². The third-order valence-electron chi connectivity index (χ3n) is 5.74. The summed E-state index contributed by atoms with van der Waals surface area (Å²) in [4.78, 5) is 45.2. The Bertz CT molecular complexity index is 1450. The average Bonchev–Trinajstić information content (AvgIpc) is 3.29. The van der Waals surface area contributed by atoms with Crippen LogP contribution in [0.3, 0.4) is 0 Å². The number of nitrogens with zero attached hydrogens (tertiary/aromatic N) is 3. The molecule has 4 aromatic rings. The van der Waals surface area contributed by atoms with Gasteiger partial charge in [0.2, 0.25) is 5.91 Å². The fraction of sp³-hybridized carbons (Fsp3) is 0.192. The first-order valence-corrected chi connectivity index (χ1v) is 12.2. The van der Waals surface area contributed by atoms with Crippen LogP contribution in [0.15, 0.2) is 60.8 Å². The van der Waals surface area contributed by atoms with Crippen molar-refractivity contribution in [1.29, 1.82) is 0 Å². The number of hydrogen-bond acceptors (Lipinski definition) is 8. The first-order valence-electron chi connectivity index (χ1n) is 11.4. The van der Waals surface area contributed by atoms with Crippen LogP contribution in [0.1, 0.15) is 37.3 Å². The number of methoxy groups -OCH3 is 1. The molecule has 0 bridgehead atoms. The van der Waals surface area contributed by atoms with Crippen molar-refractivity contribution < 1.29 is 19.1 Å². The molecule has 0 fully saturated rings. The number of nitrogens with one attached hydrogen (secondary N) is 1. The maximum atomic E-state index is 14.0. The molecule has 2 aromatic heterocycles. The van der Waals surface area contributed by atoms with Crippen LogP contribution in [0.2, 0.25) is 0 Å². The van der Waals surface area contributed by atoms with Crippen molar-refractivity contribution in [2.45, 2.75) is 13.0 Å². The van der Waals surface area contributed by atoms with Crippen molar-refractivity contribution in [2.75, 3.05) is 30.9 Å². The van der Waals surface area contributed by atoms with E-state index in [1.807, 2.05) is 31.2 Å². The molecule has 2 heterocycles.